The van der Waals surface area contributed by atoms with Crippen molar-refractivity contribution in [2.75, 3.05) is 11.2 Å². The van der Waals surface area contributed by atoms with Gasteiger partial charge in [-0.3, -0.25) is 4.79 Å². The summed E-state index contributed by atoms with van der Waals surface area (Å²) in [6.45, 7) is 2.13. The van der Waals surface area contributed by atoms with Crippen LogP contribution in [0.4, 0.5) is 10.3 Å². The molecule has 8 nitrogen and oxygen atoms in total. The number of hydrogen-bond acceptors (Lipinski definition) is 7. The van der Waals surface area contributed by atoms with Crippen LogP contribution in [0.3, 0.4) is 0 Å². The molecule has 27 heavy (non-hydrogen) atoms. The third kappa shape index (κ3) is 5.68. The minimum atomic E-state index is -0.301. The van der Waals surface area contributed by atoms with Gasteiger partial charge in [-0.15, -0.1) is 5.10 Å². The second kappa shape index (κ2) is 8.99. The van der Waals surface area contributed by atoms with Crippen LogP contribution in [0.1, 0.15) is 18.2 Å². The highest BCUT2D eigenvalue weighted by molar-refractivity contribution is 7.99. The van der Waals surface area contributed by atoms with E-state index in [4.69, 9.17) is 4.42 Å². The van der Waals surface area contributed by atoms with Crippen LogP contribution in [-0.4, -0.2) is 32.6 Å². The molecule has 0 aliphatic carbocycles. The van der Waals surface area contributed by atoms with Crippen molar-refractivity contribution < 1.29 is 13.6 Å². The number of nitrogens with one attached hydrogen (secondary N) is 3. The average Bonchev–Trinajstić information content (AvgIpc) is 3.35. The Morgan fingerprint density at radius 3 is 2.89 bits per heavy atom. The lowest BCUT2D eigenvalue weighted by molar-refractivity contribution is -0.118. The van der Waals surface area contributed by atoms with Crippen molar-refractivity contribution in [3.8, 4) is 0 Å². The fourth-order valence-electron chi connectivity index (χ4n) is 2.03. The number of hydrogen-bond donors (Lipinski definition) is 3. The zero-order chi connectivity index (χ0) is 19.1. The van der Waals surface area contributed by atoms with Crippen LogP contribution in [0, 0.1) is 5.82 Å². The summed E-state index contributed by atoms with van der Waals surface area (Å²) in [5.41, 5.74) is 4.20. The smallest absolute Gasteiger partial charge is 0.240 e. The van der Waals surface area contributed by atoms with Crippen LogP contribution >= 0.6 is 11.8 Å². The van der Waals surface area contributed by atoms with Gasteiger partial charge in [0.2, 0.25) is 17.0 Å². The van der Waals surface area contributed by atoms with E-state index in [-0.39, 0.29) is 17.5 Å². The normalized spacial score (nSPS) is 11.4. The van der Waals surface area contributed by atoms with E-state index in [9.17, 15) is 9.18 Å². The number of hydrazone groups is 1. The summed E-state index contributed by atoms with van der Waals surface area (Å²) in [7, 11) is 0. The molecule has 0 aliphatic rings. The Labute approximate surface area is 158 Å². The lowest BCUT2D eigenvalue weighted by Crippen LogP contribution is -2.24. The molecule has 3 aromatic rings. The maximum Gasteiger partial charge on any atom is 0.240 e. The summed E-state index contributed by atoms with van der Waals surface area (Å²) < 4.78 is 18.1. The number of amides is 1. The predicted molar refractivity (Wildman–Crippen MR) is 99.9 cm³/mol. The Balaban J connectivity index is 1.45. The zero-order valence-corrected chi connectivity index (χ0v) is 15.2. The SMILES string of the molecule is C/C(=N\Nc1nc(SCC(=O)NCc2ccco2)n[nH]1)c1ccc(F)cc1. The molecule has 0 fully saturated rings. The van der Waals surface area contributed by atoms with Crippen molar-refractivity contribution in [2.24, 2.45) is 5.10 Å². The molecule has 140 valence electrons. The van der Waals surface area contributed by atoms with Gasteiger partial charge >= 0.3 is 0 Å². The molecule has 0 saturated carbocycles. The van der Waals surface area contributed by atoms with Gasteiger partial charge in [0.15, 0.2) is 0 Å². The first-order chi connectivity index (χ1) is 13.1. The van der Waals surface area contributed by atoms with Gasteiger partial charge in [-0.05, 0) is 36.8 Å². The molecule has 0 bridgehead atoms. The Hall–Kier alpha value is -3.14. The fourth-order valence-corrected chi connectivity index (χ4v) is 2.66. The first-order valence-corrected chi connectivity index (χ1v) is 8.99. The van der Waals surface area contributed by atoms with Crippen LogP contribution < -0.4 is 10.7 Å². The van der Waals surface area contributed by atoms with Crippen LogP contribution in [0.25, 0.3) is 0 Å². The van der Waals surface area contributed by atoms with Gasteiger partial charge in [0, 0.05) is 0 Å². The second-order valence-corrected chi connectivity index (χ2v) is 6.37. The van der Waals surface area contributed by atoms with Gasteiger partial charge in [0.1, 0.15) is 11.6 Å². The van der Waals surface area contributed by atoms with E-state index in [0.717, 1.165) is 5.56 Å². The molecule has 3 rings (SSSR count). The number of nitrogens with zero attached hydrogens (tertiary/aromatic N) is 3. The fraction of sp³-hybridized carbons (Fsp3) is 0.176. The van der Waals surface area contributed by atoms with Gasteiger partial charge in [0.25, 0.3) is 0 Å². The van der Waals surface area contributed by atoms with Gasteiger partial charge in [-0.2, -0.15) is 10.1 Å². The van der Waals surface area contributed by atoms with Crippen molar-refractivity contribution >= 4 is 29.3 Å². The minimum absolute atomic E-state index is 0.152. The molecule has 0 radical (unpaired) electrons. The lowest BCUT2D eigenvalue weighted by Gasteiger charge is -2.01. The van der Waals surface area contributed by atoms with Crippen LogP contribution in [-0.2, 0) is 11.3 Å². The predicted octanol–water partition coefficient (Wildman–Crippen LogP) is 2.78. The third-order valence-electron chi connectivity index (χ3n) is 3.43. The number of benzene rings is 1. The molecule has 0 spiro atoms. The molecule has 1 amide bonds. The molecule has 0 unspecified atom stereocenters. The van der Waals surface area contributed by atoms with Crippen LogP contribution in [0.15, 0.2) is 57.3 Å². The Morgan fingerprint density at radius 2 is 2.15 bits per heavy atom. The first kappa shape index (κ1) is 18.6. The number of aromatic nitrogens is 3. The molecule has 0 saturated heterocycles. The number of furan rings is 1. The van der Waals surface area contributed by atoms with Gasteiger partial charge in [-0.25, -0.2) is 14.9 Å². The van der Waals surface area contributed by atoms with E-state index in [1.54, 1.807) is 37.5 Å². The monoisotopic (exact) mass is 388 g/mol. The molecular weight excluding hydrogens is 371 g/mol. The average molecular weight is 388 g/mol. The van der Waals surface area contributed by atoms with Gasteiger partial charge < -0.3 is 9.73 Å². The standard InChI is InChI=1S/C17H17FN6O2S/c1-11(12-4-6-13(18)7-5-12)21-22-16-20-17(24-23-16)27-10-15(25)19-9-14-3-2-8-26-14/h2-8H,9-10H2,1H3,(H,19,25)(H2,20,22,23,24)/b21-11+. The summed E-state index contributed by atoms with van der Waals surface area (Å²) >= 11 is 1.19. The van der Waals surface area contributed by atoms with E-state index >= 15 is 0 Å². The lowest BCUT2D eigenvalue weighted by atomic mass is 10.1. The minimum Gasteiger partial charge on any atom is -0.467 e. The molecule has 2 aromatic heterocycles. The van der Waals surface area contributed by atoms with E-state index in [2.05, 4.69) is 31.0 Å². The molecular formula is C17H17FN6O2S. The number of rotatable bonds is 8. The highest BCUT2D eigenvalue weighted by Crippen LogP contribution is 2.14. The molecule has 0 atom stereocenters. The number of thioether (sulfide) groups is 1. The van der Waals surface area contributed by atoms with Crippen molar-refractivity contribution in [1.29, 1.82) is 0 Å². The van der Waals surface area contributed by atoms with E-state index in [0.29, 0.717) is 29.1 Å². The molecule has 0 aliphatic heterocycles. The summed E-state index contributed by atoms with van der Waals surface area (Å²) in [5, 5.41) is 14.0. The number of carbonyl (C=O) groups is 1. The van der Waals surface area contributed by atoms with Crippen molar-refractivity contribution in [3.63, 3.8) is 0 Å². The summed E-state index contributed by atoms with van der Waals surface area (Å²) in [6.07, 6.45) is 1.55. The topological polar surface area (TPSA) is 108 Å². The highest BCUT2D eigenvalue weighted by Gasteiger charge is 2.08. The quantitative estimate of drug-likeness (QED) is 0.311. The van der Waals surface area contributed by atoms with E-state index in [1.807, 2.05) is 0 Å². The molecule has 1 aromatic carbocycles. The number of carbonyl (C=O) groups excluding carboxylic acids is 1. The number of halogens is 1. The summed E-state index contributed by atoms with van der Waals surface area (Å²) in [4.78, 5) is 16.0. The first-order valence-electron chi connectivity index (χ1n) is 8.00. The third-order valence-corrected chi connectivity index (χ3v) is 4.28. The number of anilines is 1. The molecule has 10 heteroatoms. The Kier molecular flexibility index (Phi) is 6.21. The van der Waals surface area contributed by atoms with Gasteiger partial charge in [0.05, 0.1) is 24.3 Å². The molecule has 2 heterocycles. The zero-order valence-electron chi connectivity index (χ0n) is 14.4. The summed E-state index contributed by atoms with van der Waals surface area (Å²) in [6, 6.07) is 9.56. The second-order valence-electron chi connectivity index (χ2n) is 5.43. The Morgan fingerprint density at radius 1 is 1.33 bits per heavy atom. The maximum absolute atomic E-state index is 12.9. The van der Waals surface area contributed by atoms with Gasteiger partial charge in [-0.1, -0.05) is 23.9 Å². The molecule has 3 N–H and O–H groups in total. The highest BCUT2D eigenvalue weighted by atomic mass is 32.2. The van der Waals surface area contributed by atoms with Crippen LogP contribution in [0.5, 0.6) is 0 Å². The summed E-state index contributed by atoms with van der Waals surface area (Å²) in [5.74, 6) is 0.753. The van der Waals surface area contributed by atoms with E-state index < -0.39 is 0 Å². The van der Waals surface area contributed by atoms with Crippen molar-refractivity contribution in [1.82, 2.24) is 20.5 Å². The maximum atomic E-state index is 12.9. The largest absolute Gasteiger partial charge is 0.467 e. The van der Waals surface area contributed by atoms with Crippen molar-refractivity contribution in [2.45, 2.75) is 18.6 Å². The van der Waals surface area contributed by atoms with Crippen LogP contribution in [0.2, 0.25) is 0 Å². The van der Waals surface area contributed by atoms with E-state index in [1.165, 1.54) is 23.9 Å². The van der Waals surface area contributed by atoms with Crippen molar-refractivity contribution in [3.05, 3.63) is 59.8 Å². The number of aromatic amines is 1. The Bertz CT molecular complexity index is 908. The number of H-pyrrole nitrogens is 1.